The first-order valence-corrected chi connectivity index (χ1v) is 8.25. The van der Waals surface area contributed by atoms with E-state index in [0.29, 0.717) is 23.2 Å². The van der Waals surface area contributed by atoms with Crippen molar-refractivity contribution in [2.24, 2.45) is 0 Å². The number of nitrogen functional groups attached to an aromatic ring is 1. The number of rotatable bonds is 7. The molecule has 6 heteroatoms. The normalized spacial score (nSPS) is 13.8. The lowest BCUT2D eigenvalue weighted by atomic mass is 10.2. The predicted molar refractivity (Wildman–Crippen MR) is 91.1 cm³/mol. The van der Waals surface area contributed by atoms with Crippen molar-refractivity contribution in [3.05, 3.63) is 18.2 Å². The van der Waals surface area contributed by atoms with Crippen LogP contribution >= 0.6 is 11.8 Å². The summed E-state index contributed by atoms with van der Waals surface area (Å²) in [5.74, 6) is 1.49. The predicted octanol–water partition coefficient (Wildman–Crippen LogP) is 2.29. The van der Waals surface area contributed by atoms with Gasteiger partial charge in [0.15, 0.2) is 0 Å². The minimum Gasteiger partial charge on any atom is -0.494 e. The Labute approximate surface area is 131 Å². The number of methoxy groups -OCH3 is 1. The summed E-state index contributed by atoms with van der Waals surface area (Å²) in [5, 5.41) is 2.90. The van der Waals surface area contributed by atoms with Crippen LogP contribution in [0.15, 0.2) is 18.2 Å². The molecule has 0 saturated heterocycles. The van der Waals surface area contributed by atoms with Crippen molar-refractivity contribution in [3.63, 3.8) is 0 Å². The second-order valence-electron chi connectivity index (χ2n) is 5.09. The highest BCUT2D eigenvalue weighted by Crippen LogP contribution is 2.26. The zero-order valence-electron chi connectivity index (χ0n) is 13.3. The fraction of sp³-hybridized carbons (Fsp3) is 0.533. The largest absolute Gasteiger partial charge is 0.494 e. The molecule has 1 aromatic carbocycles. The van der Waals surface area contributed by atoms with Crippen LogP contribution in [0, 0.1) is 0 Å². The monoisotopic (exact) mass is 311 g/mol. The maximum absolute atomic E-state index is 12.4. The van der Waals surface area contributed by atoms with Gasteiger partial charge in [-0.25, -0.2) is 0 Å². The Morgan fingerprint density at radius 2 is 2.14 bits per heavy atom. The molecule has 3 N–H and O–H groups in total. The first kappa shape index (κ1) is 17.7. The highest BCUT2D eigenvalue weighted by molar-refractivity contribution is 7.98. The third-order valence-electron chi connectivity index (χ3n) is 3.58. The molecule has 2 unspecified atom stereocenters. The van der Waals surface area contributed by atoms with E-state index in [-0.39, 0.29) is 11.9 Å². The molecule has 0 saturated carbocycles. The Hall–Kier alpha value is -1.40. The molecule has 1 amide bonds. The molecule has 0 aliphatic carbocycles. The van der Waals surface area contributed by atoms with Crippen molar-refractivity contribution in [2.75, 3.05) is 37.2 Å². The van der Waals surface area contributed by atoms with Crippen molar-refractivity contribution in [2.45, 2.75) is 25.9 Å². The van der Waals surface area contributed by atoms with Crippen LogP contribution in [0.4, 0.5) is 11.4 Å². The molecular formula is C15H25N3O2S. The van der Waals surface area contributed by atoms with E-state index >= 15 is 0 Å². The summed E-state index contributed by atoms with van der Waals surface area (Å²) >= 11 is 1.77. The maximum atomic E-state index is 12.4. The molecule has 0 fully saturated rings. The van der Waals surface area contributed by atoms with Crippen LogP contribution in [0.5, 0.6) is 5.75 Å². The second kappa shape index (κ2) is 8.14. The Morgan fingerprint density at radius 1 is 1.48 bits per heavy atom. The van der Waals surface area contributed by atoms with Crippen molar-refractivity contribution in [1.82, 2.24) is 4.90 Å². The van der Waals surface area contributed by atoms with Gasteiger partial charge in [-0.1, -0.05) is 0 Å². The average molecular weight is 311 g/mol. The number of carbonyl (C=O) groups excluding carboxylic acids is 1. The van der Waals surface area contributed by atoms with Gasteiger partial charge in [0.1, 0.15) is 5.75 Å². The van der Waals surface area contributed by atoms with Gasteiger partial charge in [-0.15, -0.1) is 0 Å². The van der Waals surface area contributed by atoms with E-state index in [4.69, 9.17) is 10.5 Å². The fourth-order valence-corrected chi connectivity index (χ4v) is 2.69. The van der Waals surface area contributed by atoms with E-state index < -0.39 is 0 Å². The number of thioether (sulfide) groups is 1. The number of nitrogens with two attached hydrogens (primary N) is 1. The van der Waals surface area contributed by atoms with Gasteiger partial charge in [-0.3, -0.25) is 9.69 Å². The minimum atomic E-state index is -0.227. The lowest BCUT2D eigenvalue weighted by Crippen LogP contribution is -2.45. The van der Waals surface area contributed by atoms with Crippen molar-refractivity contribution >= 4 is 29.0 Å². The SMILES string of the molecule is COc1cc(N)ccc1NC(=O)C(C)N(C)C(C)CSC. The fourth-order valence-electron chi connectivity index (χ4n) is 1.97. The number of nitrogens with zero attached hydrogens (tertiary/aromatic N) is 1. The number of hydrogen-bond donors (Lipinski definition) is 2. The van der Waals surface area contributed by atoms with Gasteiger partial charge >= 0.3 is 0 Å². The molecular weight excluding hydrogens is 286 g/mol. The summed E-state index contributed by atoms with van der Waals surface area (Å²) in [5.41, 5.74) is 6.95. The summed E-state index contributed by atoms with van der Waals surface area (Å²) in [6.45, 7) is 4.01. The molecule has 1 rings (SSSR count). The van der Waals surface area contributed by atoms with Gasteiger partial charge in [0, 0.05) is 23.5 Å². The number of benzene rings is 1. The first-order chi connectivity index (χ1) is 9.90. The standard InChI is InChI=1S/C15H25N3O2S/c1-10(9-21-5)18(3)11(2)15(19)17-13-7-6-12(16)8-14(13)20-4/h6-8,10-11H,9,16H2,1-5H3,(H,17,19). The topological polar surface area (TPSA) is 67.6 Å². The third kappa shape index (κ3) is 4.82. The zero-order valence-corrected chi connectivity index (χ0v) is 14.2. The van der Waals surface area contributed by atoms with Crippen LogP contribution in [0.25, 0.3) is 0 Å². The highest BCUT2D eigenvalue weighted by atomic mass is 32.2. The molecule has 0 aliphatic heterocycles. The number of anilines is 2. The molecule has 21 heavy (non-hydrogen) atoms. The highest BCUT2D eigenvalue weighted by Gasteiger charge is 2.22. The molecule has 5 nitrogen and oxygen atoms in total. The number of ether oxygens (including phenoxy) is 1. The number of carbonyl (C=O) groups is 1. The molecule has 0 aromatic heterocycles. The van der Waals surface area contributed by atoms with E-state index in [1.165, 1.54) is 0 Å². The molecule has 0 spiro atoms. The Kier molecular flexibility index (Phi) is 6.84. The van der Waals surface area contributed by atoms with Gasteiger partial charge in [0.2, 0.25) is 5.91 Å². The van der Waals surface area contributed by atoms with Gasteiger partial charge in [0.25, 0.3) is 0 Å². The summed E-state index contributed by atoms with van der Waals surface area (Å²) in [6.07, 6.45) is 2.06. The Bertz CT molecular complexity index is 482. The Balaban J connectivity index is 2.76. The minimum absolute atomic E-state index is 0.0616. The van der Waals surface area contributed by atoms with Crippen LogP contribution in [0.2, 0.25) is 0 Å². The number of likely N-dealkylation sites (N-methyl/N-ethyl adjacent to an activating group) is 1. The number of amides is 1. The number of hydrogen-bond acceptors (Lipinski definition) is 5. The van der Waals surface area contributed by atoms with Crippen LogP contribution in [-0.4, -0.2) is 49.1 Å². The van der Waals surface area contributed by atoms with Crippen LogP contribution in [0.1, 0.15) is 13.8 Å². The zero-order chi connectivity index (χ0) is 16.0. The van der Waals surface area contributed by atoms with Gasteiger partial charge in [-0.05, 0) is 39.3 Å². The second-order valence-corrected chi connectivity index (χ2v) is 6.01. The van der Waals surface area contributed by atoms with E-state index in [1.807, 2.05) is 14.0 Å². The molecule has 118 valence electrons. The van der Waals surface area contributed by atoms with E-state index in [1.54, 1.807) is 37.1 Å². The molecule has 0 aliphatic rings. The van der Waals surface area contributed by atoms with Crippen molar-refractivity contribution in [1.29, 1.82) is 0 Å². The average Bonchev–Trinajstić information content (AvgIpc) is 2.47. The molecule has 2 atom stereocenters. The Morgan fingerprint density at radius 3 is 2.71 bits per heavy atom. The molecule has 1 aromatic rings. The number of nitrogens with one attached hydrogen (secondary N) is 1. The maximum Gasteiger partial charge on any atom is 0.241 e. The lowest BCUT2D eigenvalue weighted by molar-refractivity contribution is -0.120. The van der Waals surface area contributed by atoms with Gasteiger partial charge in [-0.2, -0.15) is 11.8 Å². The van der Waals surface area contributed by atoms with E-state index in [9.17, 15) is 4.79 Å². The van der Waals surface area contributed by atoms with E-state index in [0.717, 1.165) is 5.75 Å². The quantitative estimate of drug-likeness (QED) is 0.756. The first-order valence-electron chi connectivity index (χ1n) is 6.86. The summed E-state index contributed by atoms with van der Waals surface area (Å²) in [4.78, 5) is 14.4. The van der Waals surface area contributed by atoms with Gasteiger partial charge in [0.05, 0.1) is 18.8 Å². The third-order valence-corrected chi connectivity index (χ3v) is 4.39. The van der Waals surface area contributed by atoms with Crippen LogP contribution in [-0.2, 0) is 4.79 Å². The summed E-state index contributed by atoms with van der Waals surface area (Å²) in [6, 6.07) is 5.29. The lowest BCUT2D eigenvalue weighted by Gasteiger charge is -2.29. The summed E-state index contributed by atoms with van der Waals surface area (Å²) in [7, 11) is 3.52. The smallest absolute Gasteiger partial charge is 0.241 e. The van der Waals surface area contributed by atoms with Crippen molar-refractivity contribution in [3.8, 4) is 5.75 Å². The van der Waals surface area contributed by atoms with E-state index in [2.05, 4.69) is 23.4 Å². The molecule has 0 radical (unpaired) electrons. The molecule has 0 heterocycles. The van der Waals surface area contributed by atoms with Crippen molar-refractivity contribution < 1.29 is 9.53 Å². The van der Waals surface area contributed by atoms with Gasteiger partial charge < -0.3 is 15.8 Å². The van der Waals surface area contributed by atoms with Crippen LogP contribution in [0.3, 0.4) is 0 Å². The molecule has 0 bridgehead atoms. The van der Waals surface area contributed by atoms with Crippen LogP contribution < -0.4 is 15.8 Å². The summed E-state index contributed by atoms with van der Waals surface area (Å²) < 4.78 is 5.24.